The van der Waals surface area contributed by atoms with E-state index in [1.54, 1.807) is 0 Å². The van der Waals surface area contributed by atoms with Crippen LogP contribution in [0.15, 0.2) is 12.4 Å². The quantitative estimate of drug-likeness (QED) is 0.827. The third-order valence-electron chi connectivity index (χ3n) is 4.60. The Labute approximate surface area is 103 Å². The standard InChI is InChI=1S/C13H22N4/c1-10-12-8-14-7-11(12)9-17(10)5-3-13-15-4-6-16(13)2/h4,6,10-12,14H,3,5,7-9H2,1-2H3. The predicted molar refractivity (Wildman–Crippen MR) is 67.8 cm³/mol. The van der Waals surface area contributed by atoms with Gasteiger partial charge < -0.3 is 9.88 Å². The molecule has 2 aliphatic heterocycles. The van der Waals surface area contributed by atoms with Gasteiger partial charge in [0.05, 0.1) is 0 Å². The fourth-order valence-corrected chi connectivity index (χ4v) is 3.43. The molecule has 0 saturated carbocycles. The van der Waals surface area contributed by atoms with E-state index in [1.807, 2.05) is 12.4 Å². The zero-order valence-corrected chi connectivity index (χ0v) is 10.8. The van der Waals surface area contributed by atoms with Gasteiger partial charge in [-0.05, 0) is 31.8 Å². The number of aromatic nitrogens is 2. The lowest BCUT2D eigenvalue weighted by atomic mass is 9.95. The molecule has 17 heavy (non-hydrogen) atoms. The number of aryl methyl sites for hydroxylation is 1. The summed E-state index contributed by atoms with van der Waals surface area (Å²) < 4.78 is 2.13. The monoisotopic (exact) mass is 234 g/mol. The van der Waals surface area contributed by atoms with Crippen molar-refractivity contribution in [3.63, 3.8) is 0 Å². The molecule has 1 aromatic rings. The van der Waals surface area contributed by atoms with Crippen molar-refractivity contribution < 1.29 is 0 Å². The number of hydrogen-bond donors (Lipinski definition) is 1. The lowest BCUT2D eigenvalue weighted by Crippen LogP contribution is -2.35. The Morgan fingerprint density at radius 3 is 3.06 bits per heavy atom. The maximum Gasteiger partial charge on any atom is 0.109 e. The first-order chi connectivity index (χ1) is 8.25. The third kappa shape index (κ3) is 2.00. The van der Waals surface area contributed by atoms with Crippen molar-refractivity contribution in [1.82, 2.24) is 19.8 Å². The van der Waals surface area contributed by atoms with Gasteiger partial charge in [0.25, 0.3) is 0 Å². The fourth-order valence-electron chi connectivity index (χ4n) is 3.43. The summed E-state index contributed by atoms with van der Waals surface area (Å²) in [6.45, 7) is 7.23. The largest absolute Gasteiger partial charge is 0.338 e. The molecular formula is C13H22N4. The Morgan fingerprint density at radius 2 is 2.35 bits per heavy atom. The molecule has 4 heteroatoms. The van der Waals surface area contributed by atoms with Gasteiger partial charge in [0, 0.05) is 45.0 Å². The first kappa shape index (κ1) is 11.2. The molecule has 0 spiro atoms. The molecule has 0 aliphatic carbocycles. The SMILES string of the molecule is CC1C2CNCC2CN1CCc1nccn1C. The van der Waals surface area contributed by atoms with E-state index in [1.165, 1.54) is 25.5 Å². The van der Waals surface area contributed by atoms with Crippen molar-refractivity contribution in [3.8, 4) is 0 Å². The van der Waals surface area contributed by atoms with Crippen LogP contribution in [-0.2, 0) is 13.5 Å². The molecule has 0 amide bonds. The minimum Gasteiger partial charge on any atom is -0.338 e. The molecule has 2 aliphatic rings. The van der Waals surface area contributed by atoms with Crippen molar-refractivity contribution in [1.29, 1.82) is 0 Å². The molecular weight excluding hydrogens is 212 g/mol. The van der Waals surface area contributed by atoms with Gasteiger partial charge in [0.2, 0.25) is 0 Å². The summed E-state index contributed by atoms with van der Waals surface area (Å²) in [6.07, 6.45) is 4.99. The van der Waals surface area contributed by atoms with Gasteiger partial charge in [-0.2, -0.15) is 0 Å². The highest BCUT2D eigenvalue weighted by molar-refractivity contribution is 4.98. The van der Waals surface area contributed by atoms with Crippen LogP contribution in [0.4, 0.5) is 0 Å². The van der Waals surface area contributed by atoms with Crippen molar-refractivity contribution in [2.45, 2.75) is 19.4 Å². The second kappa shape index (κ2) is 4.42. The Balaban J connectivity index is 1.58. The van der Waals surface area contributed by atoms with E-state index in [2.05, 4.69) is 33.7 Å². The molecule has 1 N–H and O–H groups in total. The minimum absolute atomic E-state index is 0.732. The van der Waals surface area contributed by atoms with Crippen LogP contribution in [0.25, 0.3) is 0 Å². The van der Waals surface area contributed by atoms with Crippen LogP contribution in [0.2, 0.25) is 0 Å². The summed E-state index contributed by atoms with van der Waals surface area (Å²) in [6, 6.07) is 0.732. The lowest BCUT2D eigenvalue weighted by molar-refractivity contribution is 0.240. The number of fused-ring (bicyclic) bond motifs is 1. The van der Waals surface area contributed by atoms with Gasteiger partial charge in [0.1, 0.15) is 5.82 Å². The third-order valence-corrected chi connectivity index (χ3v) is 4.60. The topological polar surface area (TPSA) is 33.1 Å². The van der Waals surface area contributed by atoms with Crippen LogP contribution in [0.3, 0.4) is 0 Å². The summed E-state index contributed by atoms with van der Waals surface area (Å²) in [5, 5.41) is 3.51. The van der Waals surface area contributed by atoms with Gasteiger partial charge in [-0.15, -0.1) is 0 Å². The molecule has 4 nitrogen and oxygen atoms in total. The molecule has 3 atom stereocenters. The zero-order chi connectivity index (χ0) is 11.8. The number of nitrogens with zero attached hydrogens (tertiary/aromatic N) is 3. The Hall–Kier alpha value is -0.870. The second-order valence-electron chi connectivity index (χ2n) is 5.52. The van der Waals surface area contributed by atoms with Crippen LogP contribution in [0.5, 0.6) is 0 Å². The van der Waals surface area contributed by atoms with Gasteiger partial charge in [-0.3, -0.25) is 4.90 Å². The van der Waals surface area contributed by atoms with Gasteiger partial charge >= 0.3 is 0 Å². The summed E-state index contributed by atoms with van der Waals surface area (Å²) >= 11 is 0. The second-order valence-corrected chi connectivity index (χ2v) is 5.52. The minimum atomic E-state index is 0.732. The van der Waals surface area contributed by atoms with Crippen LogP contribution < -0.4 is 5.32 Å². The first-order valence-corrected chi connectivity index (χ1v) is 6.66. The van der Waals surface area contributed by atoms with E-state index in [0.29, 0.717) is 0 Å². The molecule has 2 fully saturated rings. The highest BCUT2D eigenvalue weighted by atomic mass is 15.2. The molecule has 3 heterocycles. The maximum atomic E-state index is 4.40. The van der Waals surface area contributed by atoms with E-state index in [9.17, 15) is 0 Å². The van der Waals surface area contributed by atoms with E-state index in [4.69, 9.17) is 0 Å². The normalized spacial score (nSPS) is 33.2. The molecule has 2 saturated heterocycles. The van der Waals surface area contributed by atoms with Crippen LogP contribution in [-0.4, -0.2) is 46.7 Å². The summed E-state index contributed by atoms with van der Waals surface area (Å²) in [4.78, 5) is 7.04. The number of imidazole rings is 1. The molecule has 1 aromatic heterocycles. The zero-order valence-electron chi connectivity index (χ0n) is 10.8. The highest BCUT2D eigenvalue weighted by Crippen LogP contribution is 2.32. The van der Waals surface area contributed by atoms with Crippen LogP contribution >= 0.6 is 0 Å². The lowest BCUT2D eigenvalue weighted by Gasteiger charge is -2.23. The highest BCUT2D eigenvalue weighted by Gasteiger charge is 2.41. The van der Waals surface area contributed by atoms with E-state index >= 15 is 0 Å². The number of nitrogens with one attached hydrogen (secondary N) is 1. The molecule has 94 valence electrons. The Morgan fingerprint density at radius 1 is 1.47 bits per heavy atom. The van der Waals surface area contributed by atoms with E-state index in [0.717, 1.165) is 30.8 Å². The van der Waals surface area contributed by atoms with Crippen molar-refractivity contribution in [2.24, 2.45) is 18.9 Å². The Bertz CT molecular complexity index is 387. The molecule has 0 radical (unpaired) electrons. The molecule has 3 rings (SSSR count). The summed E-state index contributed by atoms with van der Waals surface area (Å²) in [5.74, 6) is 2.95. The first-order valence-electron chi connectivity index (χ1n) is 6.66. The maximum absolute atomic E-state index is 4.40. The van der Waals surface area contributed by atoms with E-state index in [-0.39, 0.29) is 0 Å². The number of hydrogen-bond acceptors (Lipinski definition) is 3. The smallest absolute Gasteiger partial charge is 0.109 e. The van der Waals surface area contributed by atoms with E-state index < -0.39 is 0 Å². The van der Waals surface area contributed by atoms with Crippen molar-refractivity contribution in [3.05, 3.63) is 18.2 Å². The molecule has 0 aromatic carbocycles. The van der Waals surface area contributed by atoms with Crippen LogP contribution in [0, 0.1) is 11.8 Å². The van der Waals surface area contributed by atoms with Crippen molar-refractivity contribution >= 4 is 0 Å². The molecule has 3 unspecified atom stereocenters. The predicted octanol–water partition coefficient (Wildman–Crippen LogP) is 0.502. The average Bonchev–Trinajstić information content (AvgIpc) is 2.97. The van der Waals surface area contributed by atoms with Gasteiger partial charge in [-0.25, -0.2) is 4.98 Å². The summed E-state index contributed by atoms with van der Waals surface area (Å²) in [5.41, 5.74) is 0. The van der Waals surface area contributed by atoms with Gasteiger partial charge in [-0.1, -0.05) is 0 Å². The summed E-state index contributed by atoms with van der Waals surface area (Å²) in [7, 11) is 2.08. The van der Waals surface area contributed by atoms with Crippen molar-refractivity contribution in [2.75, 3.05) is 26.2 Å². The van der Waals surface area contributed by atoms with Crippen LogP contribution in [0.1, 0.15) is 12.7 Å². The average molecular weight is 234 g/mol. The Kier molecular flexibility index (Phi) is 2.92. The number of rotatable bonds is 3. The molecule has 0 bridgehead atoms. The fraction of sp³-hybridized carbons (Fsp3) is 0.769. The number of likely N-dealkylation sites (tertiary alicyclic amines) is 1. The van der Waals surface area contributed by atoms with Gasteiger partial charge in [0.15, 0.2) is 0 Å².